The standard InChI is InChI=1S/C30H33N3O6/c1-6-9-26(35)32(5)14-17(4)39-30(8-3)23-13-25-27-21(15-33(25)28(36)22(23)16-38-29(30)37)19(7-2)20-12-18(34)10-11-24(20)31-27/h10-13,34H,4,6-9,14-16H2,1-3,5H3. The second kappa shape index (κ2) is 9.87. The fourth-order valence-corrected chi connectivity index (χ4v) is 5.75. The molecular weight excluding hydrogens is 498 g/mol. The lowest BCUT2D eigenvalue weighted by Crippen LogP contribution is -2.47. The predicted molar refractivity (Wildman–Crippen MR) is 146 cm³/mol. The molecule has 0 fully saturated rings. The van der Waals surface area contributed by atoms with Crippen LogP contribution in [0.3, 0.4) is 0 Å². The van der Waals surface area contributed by atoms with Crippen LogP contribution >= 0.6 is 0 Å². The molecule has 39 heavy (non-hydrogen) atoms. The Labute approximate surface area is 226 Å². The number of nitrogens with zero attached hydrogens (tertiary/aromatic N) is 3. The summed E-state index contributed by atoms with van der Waals surface area (Å²) in [6.45, 7) is 10.0. The van der Waals surface area contributed by atoms with E-state index in [1.165, 1.54) is 4.90 Å². The number of hydrogen-bond donors (Lipinski definition) is 1. The lowest BCUT2D eigenvalue weighted by molar-refractivity contribution is -0.175. The van der Waals surface area contributed by atoms with Crippen molar-refractivity contribution in [1.29, 1.82) is 0 Å². The zero-order chi connectivity index (χ0) is 28.1. The number of fused-ring (bicyclic) bond motifs is 5. The second-order valence-corrected chi connectivity index (χ2v) is 10.2. The van der Waals surface area contributed by atoms with E-state index in [-0.39, 0.29) is 42.5 Å². The summed E-state index contributed by atoms with van der Waals surface area (Å²) >= 11 is 0. The van der Waals surface area contributed by atoms with Crippen LogP contribution in [-0.2, 0) is 44.2 Å². The average Bonchev–Trinajstić information content (AvgIpc) is 3.27. The maximum atomic E-state index is 13.8. The van der Waals surface area contributed by atoms with Crippen LogP contribution < -0.4 is 5.56 Å². The molecule has 0 spiro atoms. The molecule has 1 amide bonds. The fraction of sp³-hybridized carbons (Fsp3) is 0.400. The smallest absolute Gasteiger partial charge is 0.355 e. The molecule has 2 aliphatic heterocycles. The van der Waals surface area contributed by atoms with Crippen LogP contribution in [0.25, 0.3) is 22.3 Å². The first-order valence-electron chi connectivity index (χ1n) is 13.3. The van der Waals surface area contributed by atoms with Gasteiger partial charge in [0.1, 0.15) is 18.1 Å². The Morgan fingerprint density at radius 1 is 1.23 bits per heavy atom. The van der Waals surface area contributed by atoms with Gasteiger partial charge in [0.05, 0.1) is 35.6 Å². The fourth-order valence-electron chi connectivity index (χ4n) is 5.75. The van der Waals surface area contributed by atoms with Gasteiger partial charge in [0.2, 0.25) is 11.5 Å². The minimum atomic E-state index is -1.58. The Bertz CT molecular complexity index is 1590. The molecular formula is C30H33N3O6. The van der Waals surface area contributed by atoms with Crippen LogP contribution in [0.15, 0.2) is 41.4 Å². The number of carbonyl (C=O) groups excluding carboxylic acids is 2. The lowest BCUT2D eigenvalue weighted by Gasteiger charge is -2.37. The first-order chi connectivity index (χ1) is 18.6. The summed E-state index contributed by atoms with van der Waals surface area (Å²) in [6.07, 6.45) is 2.01. The van der Waals surface area contributed by atoms with Crippen molar-refractivity contribution in [3.05, 3.63) is 69.2 Å². The van der Waals surface area contributed by atoms with Crippen LogP contribution in [0.1, 0.15) is 62.3 Å². The highest BCUT2D eigenvalue weighted by molar-refractivity contribution is 5.90. The molecule has 204 valence electrons. The van der Waals surface area contributed by atoms with Crippen LogP contribution in [0.2, 0.25) is 0 Å². The highest BCUT2D eigenvalue weighted by atomic mass is 16.6. The van der Waals surface area contributed by atoms with E-state index in [2.05, 4.69) is 6.58 Å². The molecule has 2 aromatic heterocycles. The second-order valence-electron chi connectivity index (χ2n) is 10.2. The van der Waals surface area contributed by atoms with E-state index >= 15 is 0 Å². The van der Waals surface area contributed by atoms with E-state index in [9.17, 15) is 19.5 Å². The zero-order valence-corrected chi connectivity index (χ0v) is 22.8. The maximum Gasteiger partial charge on any atom is 0.355 e. The van der Waals surface area contributed by atoms with Gasteiger partial charge in [0.15, 0.2) is 0 Å². The molecule has 9 heteroatoms. The summed E-state index contributed by atoms with van der Waals surface area (Å²) in [5.74, 6) is -0.262. The van der Waals surface area contributed by atoms with Crippen LogP contribution in [0, 0.1) is 0 Å². The van der Waals surface area contributed by atoms with Crippen LogP contribution in [0.5, 0.6) is 5.75 Å². The largest absolute Gasteiger partial charge is 0.508 e. The van der Waals surface area contributed by atoms with E-state index in [0.29, 0.717) is 47.4 Å². The number of aromatic hydroxyl groups is 1. The number of benzene rings is 1. The van der Waals surface area contributed by atoms with Gasteiger partial charge in [-0.25, -0.2) is 9.78 Å². The summed E-state index contributed by atoms with van der Waals surface area (Å²) in [5.41, 5.74) is 2.91. The van der Waals surface area contributed by atoms with E-state index in [1.54, 1.807) is 36.7 Å². The number of phenols is 1. The molecule has 0 saturated heterocycles. The van der Waals surface area contributed by atoms with Gasteiger partial charge < -0.3 is 24.0 Å². The quantitative estimate of drug-likeness (QED) is 0.269. The summed E-state index contributed by atoms with van der Waals surface area (Å²) in [7, 11) is 1.66. The Hall–Kier alpha value is -4.14. The van der Waals surface area contributed by atoms with Gasteiger partial charge in [-0.15, -0.1) is 0 Å². The number of ether oxygens (including phenoxy) is 2. The Morgan fingerprint density at radius 3 is 2.69 bits per heavy atom. The molecule has 1 unspecified atom stereocenters. The monoisotopic (exact) mass is 531 g/mol. The van der Waals surface area contributed by atoms with Gasteiger partial charge in [-0.2, -0.15) is 0 Å². The number of pyridine rings is 2. The molecule has 1 aromatic carbocycles. The van der Waals surface area contributed by atoms with Crippen molar-refractivity contribution in [2.45, 2.75) is 65.2 Å². The number of aromatic nitrogens is 2. The lowest BCUT2D eigenvalue weighted by atomic mass is 9.85. The number of rotatable bonds is 8. The highest BCUT2D eigenvalue weighted by Crippen LogP contribution is 2.43. The van der Waals surface area contributed by atoms with Crippen LogP contribution in [-0.4, -0.2) is 45.0 Å². The first kappa shape index (κ1) is 26.5. The van der Waals surface area contributed by atoms with Crippen molar-refractivity contribution in [3.8, 4) is 17.1 Å². The molecule has 2 aliphatic rings. The number of phenolic OH excluding ortho intramolecular Hbond substituents is 1. The molecule has 9 nitrogen and oxygen atoms in total. The number of amides is 1. The maximum absolute atomic E-state index is 13.8. The number of esters is 1. The number of carbonyl (C=O) groups is 2. The summed E-state index contributed by atoms with van der Waals surface area (Å²) in [4.78, 5) is 45.8. The van der Waals surface area contributed by atoms with Gasteiger partial charge in [0.25, 0.3) is 5.56 Å². The summed E-state index contributed by atoms with van der Waals surface area (Å²) in [5, 5.41) is 10.9. The molecule has 0 bridgehead atoms. The molecule has 1 atom stereocenters. The normalized spacial score (nSPS) is 17.3. The number of hydrogen-bond acceptors (Lipinski definition) is 7. The molecule has 0 saturated carbocycles. The predicted octanol–water partition coefficient (Wildman–Crippen LogP) is 4.14. The number of likely N-dealkylation sites (N-methyl/N-ethyl adjacent to an activating group) is 1. The average molecular weight is 532 g/mol. The number of aryl methyl sites for hydroxylation is 1. The third-order valence-electron chi connectivity index (χ3n) is 7.73. The van der Waals surface area contributed by atoms with Crippen molar-refractivity contribution in [2.24, 2.45) is 0 Å². The molecule has 5 rings (SSSR count). The molecule has 3 aromatic rings. The Morgan fingerprint density at radius 2 is 2.00 bits per heavy atom. The van der Waals surface area contributed by atoms with Crippen molar-refractivity contribution < 1.29 is 24.2 Å². The summed E-state index contributed by atoms with van der Waals surface area (Å²) < 4.78 is 13.4. The summed E-state index contributed by atoms with van der Waals surface area (Å²) in [6, 6.07) is 6.88. The van der Waals surface area contributed by atoms with Crippen molar-refractivity contribution >= 4 is 22.8 Å². The highest BCUT2D eigenvalue weighted by Gasteiger charge is 2.49. The van der Waals surface area contributed by atoms with Gasteiger partial charge in [-0.1, -0.05) is 27.4 Å². The third-order valence-corrected chi connectivity index (χ3v) is 7.73. The minimum absolute atomic E-state index is 0.0505. The number of cyclic esters (lactones) is 1. The molecule has 0 aliphatic carbocycles. The molecule has 4 heterocycles. The van der Waals surface area contributed by atoms with E-state index in [0.717, 1.165) is 22.9 Å². The zero-order valence-electron chi connectivity index (χ0n) is 22.8. The Kier molecular flexibility index (Phi) is 6.70. The third kappa shape index (κ3) is 4.16. The molecule has 0 radical (unpaired) electrons. The first-order valence-corrected chi connectivity index (χ1v) is 13.3. The van der Waals surface area contributed by atoms with E-state index in [1.807, 2.05) is 19.9 Å². The van der Waals surface area contributed by atoms with Crippen molar-refractivity contribution in [1.82, 2.24) is 14.5 Å². The minimum Gasteiger partial charge on any atom is -0.508 e. The van der Waals surface area contributed by atoms with Gasteiger partial charge in [-0.05, 0) is 49.1 Å². The van der Waals surface area contributed by atoms with E-state index < -0.39 is 11.6 Å². The van der Waals surface area contributed by atoms with Gasteiger partial charge in [0, 0.05) is 30.0 Å². The van der Waals surface area contributed by atoms with Crippen LogP contribution in [0.4, 0.5) is 0 Å². The Balaban J connectivity index is 1.63. The van der Waals surface area contributed by atoms with Gasteiger partial charge in [-0.3, -0.25) is 9.59 Å². The topological polar surface area (TPSA) is 111 Å². The van der Waals surface area contributed by atoms with E-state index in [4.69, 9.17) is 14.5 Å². The van der Waals surface area contributed by atoms with Gasteiger partial charge >= 0.3 is 5.97 Å². The molecule has 1 N–H and O–H groups in total. The van der Waals surface area contributed by atoms with Crippen molar-refractivity contribution in [3.63, 3.8) is 0 Å². The van der Waals surface area contributed by atoms with Crippen molar-refractivity contribution in [2.75, 3.05) is 13.6 Å². The SMILES string of the molecule is C=C(CN(C)C(=O)CCC)OC1(CC)C(=O)OCc2c1cc1n(c2=O)Cc2c-1nc1ccc(O)cc1c2CC.